The first kappa shape index (κ1) is 21.6. The highest BCUT2D eigenvalue weighted by Crippen LogP contribution is 2.34. The third-order valence-corrected chi connectivity index (χ3v) is 6.08. The number of methoxy groups -OCH3 is 1. The molecule has 6 nitrogen and oxygen atoms in total. The van der Waals surface area contributed by atoms with Crippen molar-refractivity contribution in [2.24, 2.45) is 22.7 Å². The van der Waals surface area contributed by atoms with Crippen molar-refractivity contribution in [1.82, 2.24) is 10.2 Å². The van der Waals surface area contributed by atoms with Crippen LogP contribution in [0.5, 0.6) is 0 Å². The summed E-state index contributed by atoms with van der Waals surface area (Å²) in [5.41, 5.74) is 2.50. The summed E-state index contributed by atoms with van der Waals surface area (Å²) in [7, 11) is 1.46. The van der Waals surface area contributed by atoms with Gasteiger partial charge in [0, 0.05) is 38.7 Å². The Labute approximate surface area is 174 Å². The summed E-state index contributed by atoms with van der Waals surface area (Å²) in [5, 5.41) is 3.41. The van der Waals surface area contributed by atoms with E-state index in [0.29, 0.717) is 19.0 Å². The summed E-state index contributed by atoms with van der Waals surface area (Å²) in [6.07, 6.45) is 2.28. The van der Waals surface area contributed by atoms with Crippen LogP contribution in [0, 0.1) is 24.7 Å². The number of nitrogens with zero attached hydrogens (tertiary/aromatic N) is 2. The zero-order valence-corrected chi connectivity index (χ0v) is 18.2. The first-order valence-corrected chi connectivity index (χ1v) is 10.8. The smallest absolute Gasteiger partial charge is 0.310 e. The normalized spacial score (nSPS) is 27.7. The number of likely N-dealkylation sites (tertiary alicyclic amines) is 1. The van der Waals surface area contributed by atoms with Crippen LogP contribution in [0.3, 0.4) is 0 Å². The SMILES string of the molecule is CCNC(=NCC1CCCOC1c1ccc(C)cc1)N1CC(C)C(C(=O)OC)C1. The van der Waals surface area contributed by atoms with Crippen molar-refractivity contribution in [1.29, 1.82) is 0 Å². The van der Waals surface area contributed by atoms with E-state index in [-0.39, 0.29) is 23.9 Å². The summed E-state index contributed by atoms with van der Waals surface area (Å²) in [6.45, 7) is 10.1. The maximum atomic E-state index is 12.1. The van der Waals surface area contributed by atoms with Crippen molar-refractivity contribution in [2.45, 2.75) is 39.7 Å². The van der Waals surface area contributed by atoms with Gasteiger partial charge in [-0.2, -0.15) is 0 Å². The van der Waals surface area contributed by atoms with Crippen molar-refractivity contribution >= 4 is 11.9 Å². The summed E-state index contributed by atoms with van der Waals surface area (Å²) in [5.74, 6) is 1.28. The van der Waals surface area contributed by atoms with Gasteiger partial charge in [0.05, 0.1) is 19.1 Å². The highest BCUT2D eigenvalue weighted by molar-refractivity contribution is 5.82. The van der Waals surface area contributed by atoms with Crippen LogP contribution in [0.4, 0.5) is 0 Å². The molecular weight excluding hydrogens is 366 g/mol. The molecule has 29 heavy (non-hydrogen) atoms. The lowest BCUT2D eigenvalue weighted by Crippen LogP contribution is -2.41. The number of rotatable bonds is 5. The van der Waals surface area contributed by atoms with Gasteiger partial charge in [-0.3, -0.25) is 9.79 Å². The summed E-state index contributed by atoms with van der Waals surface area (Å²) >= 11 is 0. The number of ether oxygens (including phenoxy) is 2. The average Bonchev–Trinajstić information content (AvgIpc) is 3.13. The van der Waals surface area contributed by atoms with Gasteiger partial charge in [0.15, 0.2) is 5.96 Å². The molecule has 2 heterocycles. The molecule has 0 amide bonds. The minimum atomic E-state index is -0.129. The van der Waals surface area contributed by atoms with Gasteiger partial charge in [-0.25, -0.2) is 0 Å². The summed E-state index contributed by atoms with van der Waals surface area (Å²) in [4.78, 5) is 19.2. The standard InChI is InChI=1S/C23H35N3O3/c1-5-24-23(26-14-17(3)20(15-26)22(27)28-4)25-13-19-7-6-12-29-21(19)18-10-8-16(2)9-11-18/h8-11,17,19-21H,5-7,12-15H2,1-4H3,(H,24,25). The first-order chi connectivity index (χ1) is 14.0. The second-order valence-corrected chi connectivity index (χ2v) is 8.31. The van der Waals surface area contributed by atoms with Crippen LogP contribution >= 0.6 is 0 Å². The number of carbonyl (C=O) groups excluding carboxylic acids is 1. The molecule has 6 heteroatoms. The van der Waals surface area contributed by atoms with Gasteiger partial charge in [-0.15, -0.1) is 0 Å². The Balaban J connectivity index is 1.71. The molecule has 3 rings (SSSR count). The van der Waals surface area contributed by atoms with Gasteiger partial charge in [-0.05, 0) is 38.2 Å². The van der Waals surface area contributed by atoms with E-state index in [9.17, 15) is 4.79 Å². The monoisotopic (exact) mass is 401 g/mol. The molecule has 0 aliphatic carbocycles. The van der Waals surface area contributed by atoms with Gasteiger partial charge in [0.25, 0.3) is 0 Å². The number of esters is 1. The van der Waals surface area contributed by atoms with E-state index in [1.165, 1.54) is 18.2 Å². The third-order valence-electron chi connectivity index (χ3n) is 6.08. The lowest BCUT2D eigenvalue weighted by Gasteiger charge is -2.32. The van der Waals surface area contributed by atoms with Gasteiger partial charge in [0.2, 0.25) is 0 Å². The molecule has 1 N–H and O–H groups in total. The van der Waals surface area contributed by atoms with Crippen LogP contribution < -0.4 is 5.32 Å². The Morgan fingerprint density at radius 2 is 2.07 bits per heavy atom. The van der Waals surface area contributed by atoms with Crippen LogP contribution in [-0.4, -0.2) is 56.7 Å². The molecule has 0 spiro atoms. The van der Waals surface area contributed by atoms with E-state index in [1.54, 1.807) is 0 Å². The molecule has 4 unspecified atom stereocenters. The Morgan fingerprint density at radius 3 is 2.76 bits per heavy atom. The van der Waals surface area contributed by atoms with E-state index in [0.717, 1.165) is 38.5 Å². The fourth-order valence-electron chi connectivity index (χ4n) is 4.38. The Kier molecular flexibility index (Phi) is 7.53. The predicted octanol–water partition coefficient (Wildman–Crippen LogP) is 3.17. The second kappa shape index (κ2) is 10.1. The lowest BCUT2D eigenvalue weighted by molar-refractivity contribution is -0.145. The second-order valence-electron chi connectivity index (χ2n) is 8.31. The molecule has 2 aliphatic rings. The van der Waals surface area contributed by atoms with Gasteiger partial charge < -0.3 is 19.7 Å². The lowest BCUT2D eigenvalue weighted by atomic mass is 9.89. The molecule has 2 fully saturated rings. The molecular formula is C23H35N3O3. The summed E-state index contributed by atoms with van der Waals surface area (Å²) < 4.78 is 11.1. The van der Waals surface area contributed by atoms with Gasteiger partial charge in [0.1, 0.15) is 0 Å². The minimum Gasteiger partial charge on any atom is -0.469 e. The van der Waals surface area contributed by atoms with Crippen LogP contribution in [0.15, 0.2) is 29.3 Å². The highest BCUT2D eigenvalue weighted by Gasteiger charge is 2.37. The van der Waals surface area contributed by atoms with E-state index < -0.39 is 0 Å². The zero-order chi connectivity index (χ0) is 20.8. The van der Waals surface area contributed by atoms with E-state index in [1.807, 2.05) is 0 Å². The highest BCUT2D eigenvalue weighted by atomic mass is 16.5. The van der Waals surface area contributed by atoms with Crippen molar-refractivity contribution in [3.63, 3.8) is 0 Å². The van der Waals surface area contributed by atoms with Crippen LogP contribution in [0.2, 0.25) is 0 Å². The number of aryl methyl sites for hydroxylation is 1. The van der Waals surface area contributed by atoms with Crippen LogP contribution in [0.1, 0.15) is 43.9 Å². The number of aliphatic imine (C=N–C) groups is 1. The predicted molar refractivity (Wildman–Crippen MR) is 115 cm³/mol. The molecule has 1 aromatic rings. The largest absolute Gasteiger partial charge is 0.469 e. The molecule has 4 atom stereocenters. The molecule has 2 saturated heterocycles. The zero-order valence-electron chi connectivity index (χ0n) is 18.2. The Hall–Kier alpha value is -2.08. The molecule has 0 aromatic heterocycles. The number of carbonyl (C=O) groups is 1. The molecule has 0 radical (unpaired) electrons. The van der Waals surface area contributed by atoms with Crippen molar-refractivity contribution in [3.05, 3.63) is 35.4 Å². The fourth-order valence-corrected chi connectivity index (χ4v) is 4.38. The van der Waals surface area contributed by atoms with Crippen molar-refractivity contribution in [3.8, 4) is 0 Å². The Bertz CT molecular complexity index is 704. The minimum absolute atomic E-state index is 0.0938. The van der Waals surface area contributed by atoms with Crippen LogP contribution in [-0.2, 0) is 14.3 Å². The number of hydrogen-bond acceptors (Lipinski definition) is 4. The van der Waals surface area contributed by atoms with E-state index in [4.69, 9.17) is 14.5 Å². The molecule has 1 aromatic carbocycles. The third kappa shape index (κ3) is 5.30. The quantitative estimate of drug-likeness (QED) is 0.466. The summed E-state index contributed by atoms with van der Waals surface area (Å²) in [6, 6.07) is 8.65. The van der Waals surface area contributed by atoms with E-state index >= 15 is 0 Å². The van der Waals surface area contributed by atoms with Crippen LogP contribution in [0.25, 0.3) is 0 Å². The molecule has 0 bridgehead atoms. The molecule has 0 saturated carbocycles. The topological polar surface area (TPSA) is 63.2 Å². The number of guanidine groups is 1. The van der Waals surface area contributed by atoms with Crippen molar-refractivity contribution < 1.29 is 14.3 Å². The first-order valence-electron chi connectivity index (χ1n) is 10.8. The van der Waals surface area contributed by atoms with E-state index in [2.05, 4.69) is 55.3 Å². The Morgan fingerprint density at radius 1 is 1.31 bits per heavy atom. The van der Waals surface area contributed by atoms with Gasteiger partial charge >= 0.3 is 5.97 Å². The maximum Gasteiger partial charge on any atom is 0.310 e. The van der Waals surface area contributed by atoms with Gasteiger partial charge in [-0.1, -0.05) is 36.8 Å². The molecule has 160 valence electrons. The number of benzene rings is 1. The molecule has 2 aliphatic heterocycles. The van der Waals surface area contributed by atoms with Crippen molar-refractivity contribution in [2.75, 3.05) is 39.9 Å². The maximum absolute atomic E-state index is 12.1. The number of nitrogens with one attached hydrogen (secondary N) is 1. The average molecular weight is 402 g/mol. The number of hydrogen-bond donors (Lipinski definition) is 1. The fraction of sp³-hybridized carbons (Fsp3) is 0.652.